The highest BCUT2D eigenvalue weighted by atomic mass is 32.1. The summed E-state index contributed by atoms with van der Waals surface area (Å²) in [5.41, 5.74) is 2.09. The smallest absolute Gasteiger partial charge is 0.151 e. The molecule has 3 aromatic carbocycles. The third-order valence-electron chi connectivity index (χ3n) is 5.81. The van der Waals surface area contributed by atoms with Crippen molar-refractivity contribution in [2.75, 3.05) is 13.7 Å². The number of aromatic nitrogens is 1. The molecule has 0 aliphatic carbocycles. The summed E-state index contributed by atoms with van der Waals surface area (Å²) in [5.74, 6) is 1.18. The van der Waals surface area contributed by atoms with Crippen LogP contribution >= 0.6 is 11.3 Å². The van der Waals surface area contributed by atoms with E-state index < -0.39 is 0 Å². The molecule has 0 radical (unpaired) electrons. The Morgan fingerprint density at radius 1 is 1.18 bits per heavy atom. The molecule has 5 heteroatoms. The number of para-hydroxylation sites is 1. The molecule has 0 saturated carbocycles. The quantitative estimate of drug-likeness (QED) is 0.551. The molecule has 1 fully saturated rings. The van der Waals surface area contributed by atoms with E-state index in [1.54, 1.807) is 7.11 Å². The molecule has 2 atom stereocenters. The molecule has 1 unspecified atom stereocenters. The van der Waals surface area contributed by atoms with Gasteiger partial charge in [-0.2, -0.15) is 0 Å². The Kier molecular flexibility index (Phi) is 4.41. The van der Waals surface area contributed by atoms with Gasteiger partial charge in [0, 0.05) is 12.8 Å². The lowest BCUT2D eigenvalue weighted by Crippen LogP contribution is -3.08. The molecule has 4 aromatic rings. The van der Waals surface area contributed by atoms with Crippen molar-refractivity contribution in [3.63, 3.8) is 0 Å². The van der Waals surface area contributed by atoms with Crippen molar-refractivity contribution >= 4 is 32.3 Å². The zero-order chi connectivity index (χ0) is 19.1. The maximum Gasteiger partial charge on any atom is 0.151 e. The van der Waals surface area contributed by atoms with Gasteiger partial charge in [-0.3, -0.25) is 0 Å². The fourth-order valence-electron chi connectivity index (χ4n) is 4.35. The van der Waals surface area contributed by atoms with E-state index in [1.165, 1.54) is 21.0 Å². The number of phenols is 1. The minimum Gasteiger partial charge on any atom is -0.507 e. The maximum atomic E-state index is 10.6. The Balaban J connectivity index is 1.52. The van der Waals surface area contributed by atoms with E-state index in [2.05, 4.69) is 24.3 Å². The van der Waals surface area contributed by atoms with Crippen LogP contribution in [0.5, 0.6) is 11.5 Å². The minimum absolute atomic E-state index is 0.364. The number of ether oxygens (including phenoxy) is 1. The van der Waals surface area contributed by atoms with Crippen LogP contribution in [0.2, 0.25) is 0 Å². The van der Waals surface area contributed by atoms with Gasteiger partial charge in [-0.05, 0) is 41.1 Å². The second-order valence-corrected chi connectivity index (χ2v) is 8.51. The lowest BCUT2D eigenvalue weighted by atomic mass is 10.0. The van der Waals surface area contributed by atoms with Crippen LogP contribution in [0.15, 0.2) is 54.6 Å². The first-order valence-corrected chi connectivity index (χ1v) is 10.5. The number of nitrogens with one attached hydrogen (secondary N) is 1. The molecule has 0 spiro atoms. The second kappa shape index (κ2) is 7.08. The molecular weight excluding hydrogens is 368 g/mol. The summed E-state index contributed by atoms with van der Waals surface area (Å²) in [5, 5.41) is 14.0. The largest absolute Gasteiger partial charge is 0.507 e. The first-order valence-electron chi connectivity index (χ1n) is 9.71. The molecule has 5 rings (SSSR count). The van der Waals surface area contributed by atoms with Crippen LogP contribution in [-0.2, 0) is 6.54 Å². The molecule has 1 aliphatic heterocycles. The van der Waals surface area contributed by atoms with Gasteiger partial charge in [0.05, 0.1) is 29.4 Å². The molecule has 2 heterocycles. The summed E-state index contributed by atoms with van der Waals surface area (Å²) in [7, 11) is 1.68. The predicted octanol–water partition coefficient (Wildman–Crippen LogP) is 4.08. The molecule has 4 nitrogen and oxygen atoms in total. The molecule has 0 amide bonds. The van der Waals surface area contributed by atoms with E-state index in [-0.39, 0.29) is 0 Å². The summed E-state index contributed by atoms with van der Waals surface area (Å²) in [6, 6.07) is 18.6. The lowest BCUT2D eigenvalue weighted by Gasteiger charge is -2.21. The van der Waals surface area contributed by atoms with Crippen LogP contribution in [0, 0.1) is 0 Å². The Bertz CT molecular complexity index is 1120. The highest BCUT2D eigenvalue weighted by Gasteiger charge is 2.33. The number of benzene rings is 3. The van der Waals surface area contributed by atoms with Gasteiger partial charge in [0.25, 0.3) is 0 Å². The van der Waals surface area contributed by atoms with Crippen molar-refractivity contribution in [3.8, 4) is 11.5 Å². The normalized spacial score (nSPS) is 19.5. The van der Waals surface area contributed by atoms with Gasteiger partial charge in [0.15, 0.2) is 5.01 Å². The number of phenolic OH excluding ortho intramolecular Hbond substituents is 1. The number of hydrogen-bond acceptors (Lipinski definition) is 4. The number of quaternary nitrogens is 1. The molecule has 142 valence electrons. The monoisotopic (exact) mass is 391 g/mol. The molecule has 1 saturated heterocycles. The molecule has 1 aliphatic rings. The summed E-state index contributed by atoms with van der Waals surface area (Å²) < 4.78 is 6.67. The molecule has 28 heavy (non-hydrogen) atoms. The summed E-state index contributed by atoms with van der Waals surface area (Å²) >= 11 is 1.81. The number of nitrogens with zero attached hydrogens (tertiary/aromatic N) is 1. The highest BCUT2D eigenvalue weighted by molar-refractivity contribution is 7.18. The summed E-state index contributed by atoms with van der Waals surface area (Å²) in [6.07, 6.45) is 2.33. The topological polar surface area (TPSA) is 46.8 Å². The van der Waals surface area contributed by atoms with E-state index in [9.17, 15) is 5.11 Å². The molecule has 0 bridgehead atoms. The molecule has 2 N–H and O–H groups in total. The highest BCUT2D eigenvalue weighted by Crippen LogP contribution is 2.32. The van der Waals surface area contributed by atoms with Crippen molar-refractivity contribution < 1.29 is 14.7 Å². The van der Waals surface area contributed by atoms with Crippen molar-refractivity contribution in [1.82, 2.24) is 4.98 Å². The number of fused-ring (bicyclic) bond motifs is 2. The van der Waals surface area contributed by atoms with Crippen molar-refractivity contribution in [3.05, 3.63) is 65.2 Å². The van der Waals surface area contributed by atoms with Crippen molar-refractivity contribution in [1.29, 1.82) is 0 Å². The number of aromatic hydroxyl groups is 1. The fraction of sp³-hybridized carbons (Fsp3) is 0.261. The van der Waals surface area contributed by atoms with E-state index >= 15 is 0 Å². The predicted molar refractivity (Wildman–Crippen MR) is 113 cm³/mol. The number of methoxy groups -OCH3 is 1. The SMILES string of the molecule is COc1ccc2ccc(O)c(C[NH+]3CCC[C@@H]3c3nc4ccccc4s3)c2c1. The zero-order valence-electron chi connectivity index (χ0n) is 15.8. The third-order valence-corrected chi connectivity index (χ3v) is 6.96. The van der Waals surface area contributed by atoms with Crippen LogP contribution in [0.25, 0.3) is 21.0 Å². The van der Waals surface area contributed by atoms with Crippen LogP contribution in [0.3, 0.4) is 0 Å². The minimum atomic E-state index is 0.364. The Hall–Kier alpha value is -2.63. The summed E-state index contributed by atoms with van der Waals surface area (Å²) in [4.78, 5) is 6.39. The van der Waals surface area contributed by atoms with Gasteiger partial charge < -0.3 is 14.7 Å². The van der Waals surface area contributed by atoms with E-state index in [4.69, 9.17) is 9.72 Å². The Labute approximate surface area is 168 Å². The van der Waals surface area contributed by atoms with Gasteiger partial charge >= 0.3 is 0 Å². The van der Waals surface area contributed by atoms with Gasteiger partial charge in [-0.25, -0.2) is 4.98 Å². The standard InChI is InChI=1S/C23H22N2O2S/c1-27-16-10-8-15-9-11-21(26)18(17(15)13-16)14-25-12-4-6-20(25)23-24-19-5-2-3-7-22(19)28-23/h2-3,5,7-11,13,20,26H,4,6,12,14H2,1H3/p+1/t20-/m1/s1. The van der Waals surface area contributed by atoms with Crippen molar-refractivity contribution in [2.24, 2.45) is 0 Å². The second-order valence-electron chi connectivity index (χ2n) is 7.45. The van der Waals surface area contributed by atoms with Crippen molar-refractivity contribution in [2.45, 2.75) is 25.4 Å². The average molecular weight is 392 g/mol. The van der Waals surface area contributed by atoms with Gasteiger partial charge in [-0.15, -0.1) is 11.3 Å². The Morgan fingerprint density at radius 2 is 2.04 bits per heavy atom. The maximum absolute atomic E-state index is 10.6. The third kappa shape index (κ3) is 3.01. The fourth-order valence-corrected chi connectivity index (χ4v) is 5.51. The molecule has 1 aromatic heterocycles. The molecular formula is C23H23N2O2S+. The van der Waals surface area contributed by atoms with E-state index in [0.29, 0.717) is 11.8 Å². The van der Waals surface area contributed by atoms with Crippen LogP contribution in [0.1, 0.15) is 29.5 Å². The number of thiazole rings is 1. The average Bonchev–Trinajstić information content (AvgIpc) is 3.36. The van der Waals surface area contributed by atoms with E-state index in [1.807, 2.05) is 41.7 Å². The number of rotatable bonds is 4. The first kappa shape index (κ1) is 17.5. The number of hydrogen-bond donors (Lipinski definition) is 2. The summed E-state index contributed by atoms with van der Waals surface area (Å²) in [6.45, 7) is 1.89. The van der Waals surface area contributed by atoms with Crippen LogP contribution in [0.4, 0.5) is 0 Å². The zero-order valence-corrected chi connectivity index (χ0v) is 16.6. The van der Waals surface area contributed by atoms with Crippen LogP contribution < -0.4 is 9.64 Å². The lowest BCUT2D eigenvalue weighted by molar-refractivity contribution is -0.931. The van der Waals surface area contributed by atoms with Gasteiger partial charge in [0.2, 0.25) is 0 Å². The number of likely N-dealkylation sites (tertiary alicyclic amines) is 1. The van der Waals surface area contributed by atoms with Crippen LogP contribution in [-0.4, -0.2) is 23.7 Å². The Morgan fingerprint density at radius 3 is 2.89 bits per heavy atom. The first-order chi connectivity index (χ1) is 13.7. The van der Waals surface area contributed by atoms with E-state index in [0.717, 1.165) is 47.1 Å². The van der Waals surface area contributed by atoms with Gasteiger partial charge in [0.1, 0.15) is 24.1 Å². The van der Waals surface area contributed by atoms with Gasteiger partial charge in [-0.1, -0.05) is 24.3 Å².